The number of aromatic nitrogens is 2. The number of aryl methyl sites for hydroxylation is 1. The number of hydrogen-bond acceptors (Lipinski definition) is 3. The molecular weight excluding hydrogens is 208 g/mol. The van der Waals surface area contributed by atoms with Crippen LogP contribution in [0.15, 0.2) is 21.9 Å². The predicted octanol–water partition coefficient (Wildman–Crippen LogP) is 0.362. The van der Waals surface area contributed by atoms with Crippen LogP contribution in [0.4, 0.5) is 0 Å². The zero-order valence-corrected chi connectivity index (χ0v) is 9.97. The fraction of sp³-hybridized carbons (Fsp3) is 0.636. The van der Waals surface area contributed by atoms with Crippen molar-refractivity contribution in [1.82, 2.24) is 9.13 Å². The lowest BCUT2D eigenvalue weighted by Crippen LogP contribution is -2.37. The fourth-order valence-electron chi connectivity index (χ4n) is 1.34. The lowest BCUT2D eigenvalue weighted by molar-refractivity contribution is 0.0746. The summed E-state index contributed by atoms with van der Waals surface area (Å²) in [5.74, 6) is 0. The van der Waals surface area contributed by atoms with E-state index in [2.05, 4.69) is 0 Å². The van der Waals surface area contributed by atoms with Crippen molar-refractivity contribution in [2.45, 2.75) is 32.9 Å². The van der Waals surface area contributed by atoms with Crippen molar-refractivity contribution in [2.75, 3.05) is 6.61 Å². The molecule has 0 saturated heterocycles. The van der Waals surface area contributed by atoms with Crippen LogP contribution in [0.2, 0.25) is 0 Å². The first kappa shape index (κ1) is 12.7. The maximum absolute atomic E-state index is 11.6. The van der Waals surface area contributed by atoms with Crippen LogP contribution in [0.1, 0.15) is 20.3 Å². The van der Waals surface area contributed by atoms with Gasteiger partial charge in [-0.15, -0.1) is 0 Å². The van der Waals surface area contributed by atoms with Gasteiger partial charge in [0.15, 0.2) is 0 Å². The summed E-state index contributed by atoms with van der Waals surface area (Å²) in [5, 5.41) is 0. The van der Waals surface area contributed by atoms with Gasteiger partial charge in [0, 0.05) is 32.5 Å². The van der Waals surface area contributed by atoms with Gasteiger partial charge < -0.3 is 9.30 Å². The molecule has 90 valence electrons. The third kappa shape index (κ3) is 3.34. The van der Waals surface area contributed by atoms with Gasteiger partial charge >= 0.3 is 5.69 Å². The smallest absolute Gasteiger partial charge is 0.330 e. The normalized spacial score (nSPS) is 11.0. The molecule has 0 spiro atoms. The van der Waals surface area contributed by atoms with Gasteiger partial charge in [0.05, 0.1) is 6.10 Å². The lowest BCUT2D eigenvalue weighted by atomic mass is 10.4. The minimum absolute atomic E-state index is 0.205. The van der Waals surface area contributed by atoms with Gasteiger partial charge in [0.2, 0.25) is 0 Å². The van der Waals surface area contributed by atoms with E-state index in [1.54, 1.807) is 0 Å². The maximum atomic E-state index is 11.6. The molecule has 5 nitrogen and oxygen atoms in total. The molecule has 16 heavy (non-hydrogen) atoms. The SMILES string of the molecule is CC(C)OCCCn1ccc(=O)n(C)c1=O. The quantitative estimate of drug-likeness (QED) is 0.681. The summed E-state index contributed by atoms with van der Waals surface area (Å²) < 4.78 is 7.99. The van der Waals surface area contributed by atoms with E-state index in [4.69, 9.17) is 4.74 Å². The highest BCUT2D eigenvalue weighted by Gasteiger charge is 2.00. The maximum Gasteiger partial charge on any atom is 0.330 e. The molecular formula is C11H18N2O3. The Labute approximate surface area is 94.3 Å². The second-order valence-electron chi connectivity index (χ2n) is 3.96. The molecule has 0 radical (unpaired) electrons. The van der Waals surface area contributed by atoms with E-state index >= 15 is 0 Å². The van der Waals surface area contributed by atoms with Gasteiger partial charge in [-0.2, -0.15) is 0 Å². The molecule has 0 fully saturated rings. The van der Waals surface area contributed by atoms with Gasteiger partial charge in [-0.1, -0.05) is 0 Å². The Morgan fingerprint density at radius 2 is 2.06 bits per heavy atom. The minimum Gasteiger partial charge on any atom is -0.379 e. The fourth-order valence-corrected chi connectivity index (χ4v) is 1.34. The van der Waals surface area contributed by atoms with Gasteiger partial charge in [0.25, 0.3) is 5.56 Å². The van der Waals surface area contributed by atoms with Gasteiger partial charge in [-0.05, 0) is 20.3 Å². The summed E-state index contributed by atoms with van der Waals surface area (Å²) in [5.41, 5.74) is -0.559. The van der Waals surface area contributed by atoms with Gasteiger partial charge in [-0.3, -0.25) is 9.36 Å². The molecule has 0 aliphatic heterocycles. The highest BCUT2D eigenvalue weighted by atomic mass is 16.5. The van der Waals surface area contributed by atoms with Crippen LogP contribution in [-0.4, -0.2) is 21.8 Å². The molecule has 1 aromatic rings. The average Bonchev–Trinajstić information content (AvgIpc) is 2.23. The van der Waals surface area contributed by atoms with E-state index in [0.29, 0.717) is 13.2 Å². The molecule has 0 atom stereocenters. The summed E-state index contributed by atoms with van der Waals surface area (Å²) in [7, 11) is 1.48. The van der Waals surface area contributed by atoms with E-state index in [1.165, 1.54) is 23.9 Å². The summed E-state index contributed by atoms with van der Waals surface area (Å²) in [6, 6.07) is 1.39. The monoisotopic (exact) mass is 226 g/mol. The first-order valence-corrected chi connectivity index (χ1v) is 5.40. The van der Waals surface area contributed by atoms with Gasteiger partial charge in [-0.25, -0.2) is 4.79 Å². The molecule has 1 rings (SSSR count). The standard InChI is InChI=1S/C11H18N2O3/c1-9(2)16-8-4-6-13-7-5-10(14)12(3)11(13)15/h5,7,9H,4,6,8H2,1-3H3. The van der Waals surface area contributed by atoms with Gasteiger partial charge in [0.1, 0.15) is 0 Å². The molecule has 0 bridgehead atoms. The molecule has 0 amide bonds. The Morgan fingerprint density at radius 1 is 1.38 bits per heavy atom. The second-order valence-corrected chi connectivity index (χ2v) is 3.96. The Morgan fingerprint density at radius 3 is 2.69 bits per heavy atom. The van der Waals surface area contributed by atoms with Crippen LogP contribution in [0.25, 0.3) is 0 Å². The summed E-state index contributed by atoms with van der Waals surface area (Å²) in [6.45, 7) is 5.13. The Balaban J connectivity index is 2.59. The van der Waals surface area contributed by atoms with Crippen molar-refractivity contribution in [1.29, 1.82) is 0 Å². The van der Waals surface area contributed by atoms with Crippen molar-refractivity contribution in [3.05, 3.63) is 33.1 Å². The number of ether oxygens (including phenoxy) is 1. The van der Waals surface area contributed by atoms with E-state index in [0.717, 1.165) is 11.0 Å². The van der Waals surface area contributed by atoms with Crippen LogP contribution < -0.4 is 11.2 Å². The molecule has 1 heterocycles. The summed E-state index contributed by atoms with van der Waals surface area (Å²) in [6.07, 6.45) is 2.49. The van der Waals surface area contributed by atoms with Crippen LogP contribution >= 0.6 is 0 Å². The molecule has 0 N–H and O–H groups in total. The minimum atomic E-state index is -0.281. The van der Waals surface area contributed by atoms with Crippen LogP contribution in [0.3, 0.4) is 0 Å². The number of hydrogen-bond donors (Lipinski definition) is 0. The molecule has 0 aliphatic rings. The first-order valence-electron chi connectivity index (χ1n) is 5.40. The molecule has 0 aromatic carbocycles. The van der Waals surface area contributed by atoms with Crippen molar-refractivity contribution in [3.8, 4) is 0 Å². The zero-order valence-electron chi connectivity index (χ0n) is 9.97. The molecule has 1 aromatic heterocycles. The average molecular weight is 226 g/mol. The molecule has 0 aliphatic carbocycles. The molecule has 0 saturated carbocycles. The Kier molecular flexibility index (Phi) is 4.49. The zero-order chi connectivity index (χ0) is 12.1. The number of nitrogens with zero attached hydrogens (tertiary/aromatic N) is 2. The van der Waals surface area contributed by atoms with E-state index < -0.39 is 0 Å². The summed E-state index contributed by atoms with van der Waals surface area (Å²) >= 11 is 0. The summed E-state index contributed by atoms with van der Waals surface area (Å²) in [4.78, 5) is 22.7. The van der Waals surface area contributed by atoms with E-state index in [-0.39, 0.29) is 17.4 Å². The topological polar surface area (TPSA) is 53.2 Å². The Hall–Kier alpha value is -1.36. The van der Waals surface area contributed by atoms with Crippen molar-refractivity contribution >= 4 is 0 Å². The third-order valence-corrected chi connectivity index (χ3v) is 2.25. The van der Waals surface area contributed by atoms with Crippen molar-refractivity contribution in [2.24, 2.45) is 7.05 Å². The Bertz CT molecular complexity index is 445. The highest BCUT2D eigenvalue weighted by molar-refractivity contribution is 4.85. The first-order chi connectivity index (χ1) is 7.52. The molecule has 0 unspecified atom stereocenters. The third-order valence-electron chi connectivity index (χ3n) is 2.25. The second kappa shape index (κ2) is 5.65. The van der Waals surface area contributed by atoms with E-state index in [1.807, 2.05) is 13.8 Å². The van der Waals surface area contributed by atoms with Crippen LogP contribution in [0.5, 0.6) is 0 Å². The van der Waals surface area contributed by atoms with Crippen molar-refractivity contribution in [3.63, 3.8) is 0 Å². The molecule has 5 heteroatoms. The highest BCUT2D eigenvalue weighted by Crippen LogP contribution is 1.92. The van der Waals surface area contributed by atoms with E-state index in [9.17, 15) is 9.59 Å². The van der Waals surface area contributed by atoms with Crippen LogP contribution in [-0.2, 0) is 18.3 Å². The predicted molar refractivity (Wildman–Crippen MR) is 61.6 cm³/mol. The van der Waals surface area contributed by atoms with Crippen molar-refractivity contribution < 1.29 is 4.74 Å². The lowest BCUT2D eigenvalue weighted by Gasteiger charge is -2.09. The largest absolute Gasteiger partial charge is 0.379 e. The number of rotatable bonds is 5. The van der Waals surface area contributed by atoms with Crippen LogP contribution in [0, 0.1) is 0 Å².